The van der Waals surface area contributed by atoms with E-state index in [1.165, 1.54) is 12.1 Å². The van der Waals surface area contributed by atoms with Crippen molar-refractivity contribution >= 4 is 5.91 Å². The molecule has 0 radical (unpaired) electrons. The van der Waals surface area contributed by atoms with Crippen LogP contribution in [0.15, 0.2) is 18.2 Å². The highest BCUT2D eigenvalue weighted by molar-refractivity contribution is 5.95. The summed E-state index contributed by atoms with van der Waals surface area (Å²) < 4.78 is 19.2. The number of halogens is 1. The Balaban J connectivity index is 1.68. The lowest BCUT2D eigenvalue weighted by Gasteiger charge is -2.48. The van der Waals surface area contributed by atoms with Gasteiger partial charge < -0.3 is 14.7 Å². The molecule has 1 unspecified atom stereocenters. The lowest BCUT2D eigenvalue weighted by atomic mass is 9.78. The molecule has 3 rings (SSSR count). The normalized spacial score (nSPS) is 27.2. The molecule has 1 aromatic carbocycles. The third kappa shape index (κ3) is 3.40. The highest BCUT2D eigenvalue weighted by atomic mass is 19.1. The van der Waals surface area contributed by atoms with Crippen LogP contribution >= 0.6 is 0 Å². The van der Waals surface area contributed by atoms with E-state index < -0.39 is 5.60 Å². The van der Waals surface area contributed by atoms with Gasteiger partial charge in [-0.05, 0) is 56.9 Å². The summed E-state index contributed by atoms with van der Waals surface area (Å²) in [5.74, 6) is -0.380. The smallest absolute Gasteiger partial charge is 0.254 e. The van der Waals surface area contributed by atoms with Gasteiger partial charge in [-0.25, -0.2) is 4.39 Å². The van der Waals surface area contributed by atoms with Gasteiger partial charge in [0.15, 0.2) is 0 Å². The summed E-state index contributed by atoms with van der Waals surface area (Å²) in [4.78, 5) is 14.4. The van der Waals surface area contributed by atoms with Crippen LogP contribution < -0.4 is 0 Å². The highest BCUT2D eigenvalue weighted by Gasteiger charge is 2.45. The number of ether oxygens (including phenoxy) is 1. The third-order valence-electron chi connectivity index (χ3n) is 5.13. The molecule has 0 aliphatic carbocycles. The molecule has 2 saturated heterocycles. The Kier molecular flexibility index (Phi) is 4.19. The Morgan fingerprint density at radius 2 is 2.00 bits per heavy atom. The first kappa shape index (κ1) is 16.4. The number of benzene rings is 1. The van der Waals surface area contributed by atoms with Crippen LogP contribution in [0.5, 0.6) is 0 Å². The van der Waals surface area contributed by atoms with E-state index in [0.29, 0.717) is 43.7 Å². The molecule has 2 fully saturated rings. The van der Waals surface area contributed by atoms with Crippen molar-refractivity contribution < 1.29 is 19.0 Å². The van der Waals surface area contributed by atoms with Gasteiger partial charge in [-0.3, -0.25) is 4.79 Å². The molecule has 1 N–H and O–H groups in total. The standard InChI is InChI=1S/C18H24FNO3/c1-13-11-14(19)3-4-15(13)16(21)20-8-5-18(6-9-20)12-17(2,22)7-10-23-18/h3-4,11,22H,5-10,12H2,1-2H3. The van der Waals surface area contributed by atoms with E-state index in [-0.39, 0.29) is 17.3 Å². The van der Waals surface area contributed by atoms with Crippen LogP contribution in [-0.4, -0.2) is 46.8 Å². The van der Waals surface area contributed by atoms with Gasteiger partial charge >= 0.3 is 0 Å². The predicted octanol–water partition coefficient (Wildman–Crippen LogP) is 2.67. The topological polar surface area (TPSA) is 49.8 Å². The molecule has 2 aliphatic rings. The van der Waals surface area contributed by atoms with Crippen LogP contribution in [0.2, 0.25) is 0 Å². The zero-order chi connectivity index (χ0) is 16.7. The molecule has 126 valence electrons. The van der Waals surface area contributed by atoms with Gasteiger partial charge in [-0.1, -0.05) is 0 Å². The van der Waals surface area contributed by atoms with Gasteiger partial charge in [0.1, 0.15) is 5.82 Å². The van der Waals surface area contributed by atoms with Crippen LogP contribution in [0.4, 0.5) is 4.39 Å². The monoisotopic (exact) mass is 321 g/mol. The van der Waals surface area contributed by atoms with E-state index in [4.69, 9.17) is 4.74 Å². The van der Waals surface area contributed by atoms with E-state index in [1.807, 2.05) is 6.92 Å². The Labute approximate surface area is 136 Å². The zero-order valence-corrected chi connectivity index (χ0v) is 13.8. The van der Waals surface area contributed by atoms with Gasteiger partial charge in [0, 0.05) is 25.1 Å². The number of amides is 1. The van der Waals surface area contributed by atoms with Gasteiger partial charge in [-0.15, -0.1) is 0 Å². The first-order valence-electron chi connectivity index (χ1n) is 8.22. The summed E-state index contributed by atoms with van der Waals surface area (Å²) >= 11 is 0. The fourth-order valence-electron chi connectivity index (χ4n) is 3.80. The maximum atomic E-state index is 13.2. The van der Waals surface area contributed by atoms with E-state index in [2.05, 4.69) is 0 Å². The number of nitrogens with zero attached hydrogens (tertiary/aromatic N) is 1. The molecular weight excluding hydrogens is 297 g/mol. The van der Waals surface area contributed by atoms with E-state index in [1.54, 1.807) is 17.9 Å². The van der Waals surface area contributed by atoms with Crippen molar-refractivity contribution in [1.82, 2.24) is 4.90 Å². The van der Waals surface area contributed by atoms with Gasteiger partial charge in [0.2, 0.25) is 0 Å². The summed E-state index contributed by atoms with van der Waals surface area (Å²) in [6.07, 6.45) is 2.74. The first-order chi connectivity index (χ1) is 10.8. The zero-order valence-electron chi connectivity index (χ0n) is 13.8. The minimum absolute atomic E-state index is 0.0556. The Hall–Kier alpha value is -1.46. The maximum absolute atomic E-state index is 13.2. The van der Waals surface area contributed by atoms with Crippen molar-refractivity contribution in [2.45, 2.75) is 50.7 Å². The molecule has 4 nitrogen and oxygen atoms in total. The second-order valence-electron chi connectivity index (χ2n) is 7.21. The Morgan fingerprint density at radius 1 is 1.30 bits per heavy atom. The summed E-state index contributed by atoms with van der Waals surface area (Å²) in [5, 5.41) is 10.3. The Morgan fingerprint density at radius 3 is 2.61 bits per heavy atom. The summed E-state index contributed by atoms with van der Waals surface area (Å²) in [6, 6.07) is 4.27. The maximum Gasteiger partial charge on any atom is 0.254 e. The molecule has 1 atom stereocenters. The number of likely N-dealkylation sites (tertiary alicyclic amines) is 1. The summed E-state index contributed by atoms with van der Waals surface area (Å²) in [5.41, 5.74) is 0.222. The van der Waals surface area contributed by atoms with Gasteiger partial charge in [-0.2, -0.15) is 0 Å². The molecule has 0 saturated carbocycles. The molecule has 0 aromatic heterocycles. The number of aryl methyl sites for hydroxylation is 1. The van der Waals surface area contributed by atoms with Crippen molar-refractivity contribution in [1.29, 1.82) is 0 Å². The molecule has 1 amide bonds. The van der Waals surface area contributed by atoms with Crippen LogP contribution in [0.25, 0.3) is 0 Å². The number of rotatable bonds is 1. The molecule has 5 heteroatoms. The largest absolute Gasteiger partial charge is 0.390 e. The SMILES string of the molecule is Cc1cc(F)ccc1C(=O)N1CCC2(CC1)CC(C)(O)CCO2. The van der Waals surface area contributed by atoms with Crippen LogP contribution in [0.1, 0.15) is 48.5 Å². The van der Waals surface area contributed by atoms with E-state index >= 15 is 0 Å². The average Bonchev–Trinajstić information content (AvgIpc) is 2.46. The molecule has 2 heterocycles. The quantitative estimate of drug-likeness (QED) is 0.865. The fourth-order valence-corrected chi connectivity index (χ4v) is 3.80. The summed E-state index contributed by atoms with van der Waals surface area (Å²) in [7, 11) is 0. The lowest BCUT2D eigenvalue weighted by molar-refractivity contribution is -0.170. The summed E-state index contributed by atoms with van der Waals surface area (Å²) in [6.45, 7) is 5.38. The molecule has 0 bridgehead atoms. The number of carbonyl (C=O) groups is 1. The van der Waals surface area contributed by atoms with Gasteiger partial charge in [0.05, 0.1) is 17.8 Å². The average molecular weight is 321 g/mol. The Bertz CT molecular complexity index is 606. The second-order valence-corrected chi connectivity index (χ2v) is 7.21. The fraction of sp³-hybridized carbons (Fsp3) is 0.611. The van der Waals surface area contributed by atoms with Crippen molar-refractivity contribution in [3.05, 3.63) is 35.1 Å². The molecule has 1 spiro atoms. The molecule has 23 heavy (non-hydrogen) atoms. The van der Waals surface area contributed by atoms with Crippen molar-refractivity contribution in [3.8, 4) is 0 Å². The number of piperidine rings is 1. The number of hydrogen-bond donors (Lipinski definition) is 1. The molecule has 1 aromatic rings. The van der Waals surface area contributed by atoms with Crippen molar-refractivity contribution in [2.75, 3.05) is 19.7 Å². The second kappa shape index (κ2) is 5.87. The molecular formula is C18H24FNO3. The van der Waals surface area contributed by atoms with Crippen LogP contribution in [0.3, 0.4) is 0 Å². The van der Waals surface area contributed by atoms with E-state index in [0.717, 1.165) is 12.8 Å². The number of hydrogen-bond acceptors (Lipinski definition) is 3. The lowest BCUT2D eigenvalue weighted by Crippen LogP contribution is -2.54. The highest BCUT2D eigenvalue weighted by Crippen LogP contribution is 2.39. The van der Waals surface area contributed by atoms with Crippen molar-refractivity contribution in [2.24, 2.45) is 0 Å². The predicted molar refractivity (Wildman–Crippen MR) is 84.8 cm³/mol. The minimum atomic E-state index is -0.683. The number of aliphatic hydroxyl groups is 1. The first-order valence-corrected chi connectivity index (χ1v) is 8.22. The van der Waals surface area contributed by atoms with Crippen LogP contribution in [0, 0.1) is 12.7 Å². The number of carbonyl (C=O) groups excluding carboxylic acids is 1. The minimum Gasteiger partial charge on any atom is -0.390 e. The van der Waals surface area contributed by atoms with Crippen LogP contribution in [-0.2, 0) is 4.74 Å². The van der Waals surface area contributed by atoms with Gasteiger partial charge in [0.25, 0.3) is 5.91 Å². The van der Waals surface area contributed by atoms with E-state index in [9.17, 15) is 14.3 Å². The molecule has 2 aliphatic heterocycles. The van der Waals surface area contributed by atoms with Crippen molar-refractivity contribution in [3.63, 3.8) is 0 Å². The third-order valence-corrected chi connectivity index (χ3v) is 5.13.